The minimum atomic E-state index is -4.58. The summed E-state index contributed by atoms with van der Waals surface area (Å²) in [6.07, 6.45) is -4.58. The fraction of sp³-hybridized carbons (Fsp3) is 0.0714. The van der Waals surface area contributed by atoms with Gasteiger partial charge in [0.2, 0.25) is 5.75 Å². The molecule has 0 aliphatic rings. The number of esters is 1. The lowest BCUT2D eigenvalue weighted by molar-refractivity contribution is -0.394. The molecule has 0 atom stereocenters. The van der Waals surface area contributed by atoms with Gasteiger partial charge in [-0.05, 0) is 30.3 Å². The Bertz CT molecular complexity index is 849. The Morgan fingerprint density at radius 1 is 0.960 bits per heavy atom. The van der Waals surface area contributed by atoms with Crippen LogP contribution in [0.4, 0.5) is 24.5 Å². The van der Waals surface area contributed by atoms with Crippen LogP contribution in [0.5, 0.6) is 5.75 Å². The van der Waals surface area contributed by atoms with Crippen LogP contribution >= 0.6 is 0 Å². The van der Waals surface area contributed by atoms with Gasteiger partial charge in [0.15, 0.2) is 0 Å². The van der Waals surface area contributed by atoms with E-state index in [1.54, 1.807) is 0 Å². The van der Waals surface area contributed by atoms with Gasteiger partial charge in [0, 0.05) is 6.07 Å². The molecule has 0 saturated heterocycles. The van der Waals surface area contributed by atoms with E-state index in [0.717, 1.165) is 24.3 Å². The van der Waals surface area contributed by atoms with Crippen molar-refractivity contribution in [2.45, 2.75) is 6.18 Å². The third-order valence-electron chi connectivity index (χ3n) is 3.00. The van der Waals surface area contributed by atoms with Crippen molar-refractivity contribution >= 4 is 17.3 Å². The molecule has 2 aromatic carbocycles. The van der Waals surface area contributed by atoms with Crippen molar-refractivity contribution in [3.8, 4) is 5.75 Å². The van der Waals surface area contributed by atoms with Gasteiger partial charge in [-0.3, -0.25) is 20.2 Å². The van der Waals surface area contributed by atoms with Crippen LogP contribution in [0.15, 0.2) is 42.5 Å². The summed E-state index contributed by atoms with van der Waals surface area (Å²) in [6.45, 7) is 0. The van der Waals surface area contributed by atoms with Gasteiger partial charge in [0.25, 0.3) is 5.69 Å². The van der Waals surface area contributed by atoms with Crippen molar-refractivity contribution in [3.05, 3.63) is 73.8 Å². The number of nitro groups is 2. The highest BCUT2D eigenvalue weighted by Crippen LogP contribution is 2.32. The second-order valence-corrected chi connectivity index (χ2v) is 4.63. The third kappa shape index (κ3) is 4.07. The molecule has 0 aromatic heterocycles. The van der Waals surface area contributed by atoms with E-state index in [9.17, 15) is 38.2 Å². The number of rotatable bonds is 4. The van der Waals surface area contributed by atoms with E-state index in [1.807, 2.05) is 0 Å². The Balaban J connectivity index is 2.28. The predicted molar refractivity (Wildman–Crippen MR) is 76.2 cm³/mol. The van der Waals surface area contributed by atoms with Crippen LogP contribution in [0.25, 0.3) is 0 Å². The molecule has 0 radical (unpaired) electrons. The number of hydrogen-bond acceptors (Lipinski definition) is 6. The van der Waals surface area contributed by atoms with E-state index in [4.69, 9.17) is 4.74 Å². The molecule has 0 aliphatic heterocycles. The molecule has 2 aromatic rings. The summed E-state index contributed by atoms with van der Waals surface area (Å²) in [5.41, 5.74) is -2.67. The predicted octanol–water partition coefficient (Wildman–Crippen LogP) is 3.74. The highest BCUT2D eigenvalue weighted by Gasteiger charge is 2.30. The largest absolute Gasteiger partial charge is 0.416 e. The molecule has 11 heteroatoms. The van der Waals surface area contributed by atoms with E-state index >= 15 is 0 Å². The Labute approximate surface area is 136 Å². The molecule has 2 rings (SSSR count). The highest BCUT2D eigenvalue weighted by atomic mass is 19.4. The SMILES string of the molecule is O=C(Oc1ccc([N+](=O)[O-])cc1[N+](=O)[O-])c1ccc(C(F)(F)F)cc1. The van der Waals surface area contributed by atoms with E-state index in [-0.39, 0.29) is 5.56 Å². The van der Waals surface area contributed by atoms with Gasteiger partial charge in [-0.2, -0.15) is 13.2 Å². The van der Waals surface area contributed by atoms with Crippen molar-refractivity contribution in [3.63, 3.8) is 0 Å². The number of hydrogen-bond donors (Lipinski definition) is 0. The normalized spacial score (nSPS) is 11.0. The first kappa shape index (κ1) is 17.8. The minimum absolute atomic E-state index is 0.277. The van der Waals surface area contributed by atoms with Crippen molar-refractivity contribution in [2.24, 2.45) is 0 Å². The van der Waals surface area contributed by atoms with Crippen molar-refractivity contribution < 1.29 is 32.5 Å². The van der Waals surface area contributed by atoms with E-state index in [0.29, 0.717) is 18.2 Å². The molecule has 0 unspecified atom stereocenters. The monoisotopic (exact) mass is 356 g/mol. The second kappa shape index (κ2) is 6.55. The van der Waals surface area contributed by atoms with E-state index in [2.05, 4.69) is 0 Å². The Morgan fingerprint density at radius 2 is 1.56 bits per heavy atom. The van der Waals surface area contributed by atoms with Gasteiger partial charge in [-0.1, -0.05) is 0 Å². The molecule has 0 heterocycles. The molecule has 8 nitrogen and oxygen atoms in total. The zero-order valence-electron chi connectivity index (χ0n) is 12.0. The van der Waals surface area contributed by atoms with Gasteiger partial charge in [-0.25, -0.2) is 4.79 Å². The van der Waals surface area contributed by atoms with Gasteiger partial charge in [-0.15, -0.1) is 0 Å². The number of nitro benzene ring substituents is 2. The molecule has 25 heavy (non-hydrogen) atoms. The van der Waals surface area contributed by atoms with Gasteiger partial charge in [0.1, 0.15) is 0 Å². The lowest BCUT2D eigenvalue weighted by Gasteiger charge is -2.08. The lowest BCUT2D eigenvalue weighted by atomic mass is 10.1. The van der Waals surface area contributed by atoms with Crippen molar-refractivity contribution in [1.82, 2.24) is 0 Å². The molecule has 0 aliphatic carbocycles. The number of non-ortho nitro benzene ring substituents is 1. The zero-order chi connectivity index (χ0) is 18.8. The van der Waals surface area contributed by atoms with Crippen LogP contribution in [-0.4, -0.2) is 15.8 Å². The molecule has 0 saturated carbocycles. The topological polar surface area (TPSA) is 113 Å². The number of nitrogens with zero attached hydrogens (tertiary/aromatic N) is 2. The molecule has 0 spiro atoms. The summed E-state index contributed by atoms with van der Waals surface area (Å²) in [4.78, 5) is 31.6. The van der Waals surface area contributed by atoms with Crippen LogP contribution in [-0.2, 0) is 6.18 Å². The van der Waals surface area contributed by atoms with Crippen LogP contribution in [0.2, 0.25) is 0 Å². The first-order chi connectivity index (χ1) is 11.6. The zero-order valence-corrected chi connectivity index (χ0v) is 12.0. The summed E-state index contributed by atoms with van der Waals surface area (Å²) in [6, 6.07) is 5.36. The summed E-state index contributed by atoms with van der Waals surface area (Å²) in [7, 11) is 0. The Kier molecular flexibility index (Phi) is 4.68. The standard InChI is InChI=1S/C14H7F3N2O6/c15-14(16,17)9-3-1-8(2-4-9)13(20)25-12-6-5-10(18(21)22)7-11(12)19(23)24/h1-7H. The third-order valence-corrected chi connectivity index (χ3v) is 3.00. The highest BCUT2D eigenvalue weighted by molar-refractivity contribution is 5.91. The van der Waals surface area contributed by atoms with Crippen LogP contribution < -0.4 is 4.74 Å². The smallest absolute Gasteiger partial charge is 0.416 e. The van der Waals surface area contributed by atoms with E-state index < -0.39 is 44.7 Å². The average molecular weight is 356 g/mol. The van der Waals surface area contributed by atoms with Crippen molar-refractivity contribution in [2.75, 3.05) is 0 Å². The number of carbonyl (C=O) groups excluding carboxylic acids is 1. The lowest BCUT2D eigenvalue weighted by Crippen LogP contribution is -2.11. The molecular weight excluding hydrogens is 349 g/mol. The quantitative estimate of drug-likeness (QED) is 0.357. The maximum absolute atomic E-state index is 12.5. The number of alkyl halides is 3. The number of carbonyl (C=O) groups is 1. The molecular formula is C14H7F3N2O6. The number of ether oxygens (including phenoxy) is 1. The second-order valence-electron chi connectivity index (χ2n) is 4.63. The number of benzene rings is 2. The van der Waals surface area contributed by atoms with Crippen LogP contribution in [0.1, 0.15) is 15.9 Å². The van der Waals surface area contributed by atoms with Gasteiger partial charge >= 0.3 is 17.8 Å². The van der Waals surface area contributed by atoms with E-state index in [1.165, 1.54) is 0 Å². The summed E-state index contributed by atoms with van der Waals surface area (Å²) < 4.78 is 42.2. The maximum atomic E-state index is 12.5. The van der Waals surface area contributed by atoms with Gasteiger partial charge < -0.3 is 4.74 Å². The fourth-order valence-corrected chi connectivity index (χ4v) is 1.80. The molecule has 0 bridgehead atoms. The first-order valence-corrected chi connectivity index (χ1v) is 6.42. The average Bonchev–Trinajstić information content (AvgIpc) is 2.54. The summed E-state index contributed by atoms with van der Waals surface area (Å²) in [5, 5.41) is 21.6. The summed E-state index contributed by atoms with van der Waals surface area (Å²) in [5.74, 6) is -1.72. The van der Waals surface area contributed by atoms with Gasteiger partial charge in [0.05, 0.1) is 27.0 Å². The summed E-state index contributed by atoms with van der Waals surface area (Å²) >= 11 is 0. The number of halogens is 3. The molecule has 0 N–H and O–H groups in total. The van der Waals surface area contributed by atoms with Crippen LogP contribution in [0, 0.1) is 20.2 Å². The maximum Gasteiger partial charge on any atom is 0.416 e. The molecule has 0 amide bonds. The molecule has 130 valence electrons. The molecule has 0 fully saturated rings. The van der Waals surface area contributed by atoms with Crippen LogP contribution in [0.3, 0.4) is 0 Å². The Hall–Kier alpha value is -3.50. The fourth-order valence-electron chi connectivity index (χ4n) is 1.80. The first-order valence-electron chi connectivity index (χ1n) is 6.42. The van der Waals surface area contributed by atoms with Crippen molar-refractivity contribution in [1.29, 1.82) is 0 Å². The minimum Gasteiger partial charge on any atom is -0.416 e. The Morgan fingerprint density at radius 3 is 2.04 bits per heavy atom.